The van der Waals surface area contributed by atoms with E-state index < -0.39 is 5.54 Å². The van der Waals surface area contributed by atoms with Crippen LogP contribution in [0.2, 0.25) is 0 Å². The number of amides is 2. The maximum atomic E-state index is 12.4. The predicted octanol–water partition coefficient (Wildman–Crippen LogP) is 0.852. The van der Waals surface area contributed by atoms with Crippen molar-refractivity contribution in [1.29, 1.82) is 0 Å². The highest BCUT2D eigenvalue weighted by Crippen LogP contribution is 2.34. The summed E-state index contributed by atoms with van der Waals surface area (Å²) in [4.78, 5) is 28.4. The normalized spacial score (nSPS) is 20.8. The molecule has 0 unspecified atom stereocenters. The van der Waals surface area contributed by atoms with Crippen LogP contribution in [-0.2, 0) is 4.79 Å². The summed E-state index contributed by atoms with van der Waals surface area (Å²) in [6, 6.07) is 9.29. The zero-order valence-corrected chi connectivity index (χ0v) is 12.1. The molecule has 1 aromatic rings. The molecule has 5 heteroatoms. The summed E-state index contributed by atoms with van der Waals surface area (Å²) in [6.45, 7) is 2.54. The molecule has 2 N–H and O–H groups in total. The zero-order chi connectivity index (χ0) is 14.9. The summed E-state index contributed by atoms with van der Waals surface area (Å²) in [5, 5.41) is 0. The summed E-state index contributed by atoms with van der Waals surface area (Å²) < 4.78 is 0. The highest BCUT2D eigenvalue weighted by molar-refractivity contribution is 5.94. The number of nitrogens with two attached hydrogens (primary N) is 1. The fraction of sp³-hybridized carbons (Fsp3) is 0.500. The molecule has 1 saturated carbocycles. The van der Waals surface area contributed by atoms with Crippen LogP contribution in [0.3, 0.4) is 0 Å². The van der Waals surface area contributed by atoms with Crippen LogP contribution >= 0.6 is 0 Å². The van der Waals surface area contributed by atoms with Crippen molar-refractivity contribution in [3.8, 4) is 0 Å². The predicted molar refractivity (Wildman–Crippen MR) is 79.7 cm³/mol. The second kappa shape index (κ2) is 5.48. The van der Waals surface area contributed by atoms with Crippen LogP contribution in [0.25, 0.3) is 0 Å². The molecule has 21 heavy (non-hydrogen) atoms. The standard InChI is InChI=1S/C16H21N3O2/c17-16(7-8-16)15(21)19-10-4-9-18(11-12-19)14(20)13-5-2-1-3-6-13/h1-3,5-6H,4,7-12,17H2. The Balaban J connectivity index is 1.63. The van der Waals surface area contributed by atoms with Crippen LogP contribution in [0, 0.1) is 0 Å². The van der Waals surface area contributed by atoms with Crippen LogP contribution in [0.1, 0.15) is 29.6 Å². The fourth-order valence-corrected chi connectivity index (χ4v) is 2.75. The van der Waals surface area contributed by atoms with Gasteiger partial charge in [0.1, 0.15) is 0 Å². The van der Waals surface area contributed by atoms with Crippen LogP contribution < -0.4 is 5.73 Å². The van der Waals surface area contributed by atoms with E-state index in [1.165, 1.54) is 0 Å². The van der Waals surface area contributed by atoms with E-state index >= 15 is 0 Å². The molecule has 3 rings (SSSR count). The average molecular weight is 287 g/mol. The summed E-state index contributed by atoms with van der Waals surface area (Å²) in [7, 11) is 0. The van der Waals surface area contributed by atoms with E-state index in [0.29, 0.717) is 31.7 Å². The van der Waals surface area contributed by atoms with Gasteiger partial charge in [-0.15, -0.1) is 0 Å². The molecule has 2 amide bonds. The van der Waals surface area contributed by atoms with Crippen molar-refractivity contribution in [3.05, 3.63) is 35.9 Å². The van der Waals surface area contributed by atoms with E-state index in [1.807, 2.05) is 40.1 Å². The SMILES string of the molecule is NC1(C(=O)N2CCCN(C(=O)c3ccccc3)CC2)CC1. The van der Waals surface area contributed by atoms with Gasteiger partial charge in [-0.05, 0) is 31.4 Å². The van der Waals surface area contributed by atoms with Crippen LogP contribution in [0.15, 0.2) is 30.3 Å². The number of rotatable bonds is 2. The third kappa shape index (κ3) is 2.93. The number of carbonyl (C=O) groups excluding carboxylic acids is 2. The molecule has 1 aliphatic carbocycles. The van der Waals surface area contributed by atoms with E-state index in [2.05, 4.69) is 0 Å². The molecule has 0 atom stereocenters. The molecule has 112 valence electrons. The van der Waals surface area contributed by atoms with Crippen molar-refractivity contribution in [1.82, 2.24) is 9.80 Å². The molecule has 1 aromatic carbocycles. The number of benzene rings is 1. The van der Waals surface area contributed by atoms with E-state index in [-0.39, 0.29) is 11.8 Å². The second-order valence-electron chi connectivity index (χ2n) is 5.96. The quantitative estimate of drug-likeness (QED) is 0.877. The number of hydrogen-bond donors (Lipinski definition) is 1. The Bertz CT molecular complexity index is 540. The van der Waals surface area contributed by atoms with Gasteiger partial charge < -0.3 is 15.5 Å². The lowest BCUT2D eigenvalue weighted by molar-refractivity contribution is -0.133. The van der Waals surface area contributed by atoms with Crippen molar-refractivity contribution < 1.29 is 9.59 Å². The van der Waals surface area contributed by atoms with Gasteiger partial charge in [-0.25, -0.2) is 0 Å². The Labute approximate surface area is 124 Å². The number of hydrogen-bond acceptors (Lipinski definition) is 3. The van der Waals surface area contributed by atoms with Gasteiger partial charge in [-0.3, -0.25) is 9.59 Å². The first-order valence-corrected chi connectivity index (χ1v) is 7.53. The first kappa shape index (κ1) is 14.1. The molecule has 2 aliphatic rings. The minimum atomic E-state index is -0.612. The second-order valence-corrected chi connectivity index (χ2v) is 5.96. The highest BCUT2D eigenvalue weighted by Gasteiger charge is 2.48. The maximum Gasteiger partial charge on any atom is 0.253 e. The molecule has 1 saturated heterocycles. The average Bonchev–Trinajstić information content (AvgIpc) is 3.30. The van der Waals surface area contributed by atoms with Gasteiger partial charge in [0.25, 0.3) is 5.91 Å². The molecule has 2 fully saturated rings. The van der Waals surface area contributed by atoms with Crippen LogP contribution in [0.4, 0.5) is 0 Å². The Morgan fingerprint density at radius 3 is 2.24 bits per heavy atom. The lowest BCUT2D eigenvalue weighted by Gasteiger charge is -2.24. The Morgan fingerprint density at radius 1 is 0.952 bits per heavy atom. The van der Waals surface area contributed by atoms with Crippen molar-refractivity contribution in [2.45, 2.75) is 24.8 Å². The van der Waals surface area contributed by atoms with Crippen LogP contribution in [0.5, 0.6) is 0 Å². The van der Waals surface area contributed by atoms with E-state index in [4.69, 9.17) is 5.73 Å². The molecule has 0 spiro atoms. The van der Waals surface area contributed by atoms with Crippen molar-refractivity contribution in [2.75, 3.05) is 26.2 Å². The summed E-state index contributed by atoms with van der Waals surface area (Å²) >= 11 is 0. The minimum Gasteiger partial charge on any atom is -0.339 e. The Kier molecular flexibility index (Phi) is 3.68. The van der Waals surface area contributed by atoms with Gasteiger partial charge in [0.15, 0.2) is 0 Å². The topological polar surface area (TPSA) is 66.6 Å². The van der Waals surface area contributed by atoms with Gasteiger partial charge in [0, 0.05) is 31.7 Å². The van der Waals surface area contributed by atoms with Crippen LogP contribution in [-0.4, -0.2) is 53.3 Å². The molecule has 1 heterocycles. The van der Waals surface area contributed by atoms with Gasteiger partial charge in [-0.1, -0.05) is 18.2 Å². The molecule has 1 aliphatic heterocycles. The van der Waals surface area contributed by atoms with Crippen molar-refractivity contribution in [2.24, 2.45) is 5.73 Å². The first-order valence-electron chi connectivity index (χ1n) is 7.53. The lowest BCUT2D eigenvalue weighted by atomic mass is 10.2. The van der Waals surface area contributed by atoms with Gasteiger partial charge in [-0.2, -0.15) is 0 Å². The van der Waals surface area contributed by atoms with Crippen molar-refractivity contribution in [3.63, 3.8) is 0 Å². The fourth-order valence-electron chi connectivity index (χ4n) is 2.75. The lowest BCUT2D eigenvalue weighted by Crippen LogP contribution is -2.47. The molecule has 0 bridgehead atoms. The summed E-state index contributed by atoms with van der Waals surface area (Å²) in [6.07, 6.45) is 2.38. The van der Waals surface area contributed by atoms with Crippen molar-refractivity contribution >= 4 is 11.8 Å². The largest absolute Gasteiger partial charge is 0.339 e. The molecule has 0 radical (unpaired) electrons. The highest BCUT2D eigenvalue weighted by atomic mass is 16.2. The van der Waals surface area contributed by atoms with E-state index in [0.717, 1.165) is 19.3 Å². The van der Waals surface area contributed by atoms with Gasteiger partial charge >= 0.3 is 0 Å². The molecular formula is C16H21N3O2. The van der Waals surface area contributed by atoms with Gasteiger partial charge in [0.05, 0.1) is 5.54 Å². The maximum absolute atomic E-state index is 12.4. The van der Waals surface area contributed by atoms with E-state index in [1.54, 1.807) is 0 Å². The number of nitrogens with zero attached hydrogens (tertiary/aromatic N) is 2. The third-order valence-corrected chi connectivity index (χ3v) is 4.31. The van der Waals surface area contributed by atoms with Gasteiger partial charge in [0.2, 0.25) is 5.91 Å². The third-order valence-electron chi connectivity index (χ3n) is 4.31. The smallest absolute Gasteiger partial charge is 0.253 e. The summed E-state index contributed by atoms with van der Waals surface area (Å²) in [5.74, 6) is 0.0929. The summed E-state index contributed by atoms with van der Waals surface area (Å²) in [5.41, 5.74) is 6.08. The number of carbonyl (C=O) groups is 2. The zero-order valence-electron chi connectivity index (χ0n) is 12.1. The monoisotopic (exact) mass is 287 g/mol. The Morgan fingerprint density at radius 2 is 1.57 bits per heavy atom. The molecule has 0 aromatic heterocycles. The molecule has 5 nitrogen and oxygen atoms in total. The molecular weight excluding hydrogens is 266 g/mol. The van der Waals surface area contributed by atoms with E-state index in [9.17, 15) is 9.59 Å². The first-order chi connectivity index (χ1) is 10.1. The Hall–Kier alpha value is -1.88. The minimum absolute atomic E-state index is 0.0405.